The van der Waals surface area contributed by atoms with Gasteiger partial charge in [0.05, 0.1) is 19.3 Å². The van der Waals surface area contributed by atoms with Gasteiger partial charge in [-0.05, 0) is 24.6 Å². The zero-order valence-corrected chi connectivity index (χ0v) is 8.95. The van der Waals surface area contributed by atoms with E-state index in [1.54, 1.807) is 24.3 Å². The number of rotatable bonds is 4. The highest BCUT2D eigenvalue weighted by Gasteiger charge is 2.10. The standard InChI is InChI=1S/C12H14O3/c1-4-9-6-7-10(15-5-2)8-11(9)12(13)14-3/h4,6-8H,1,5H2,2-3H3. The van der Waals surface area contributed by atoms with Crippen LogP contribution in [-0.4, -0.2) is 19.7 Å². The van der Waals surface area contributed by atoms with Gasteiger partial charge in [0.25, 0.3) is 0 Å². The molecule has 1 rings (SSSR count). The molecule has 0 unspecified atom stereocenters. The van der Waals surface area contributed by atoms with Gasteiger partial charge in [0.1, 0.15) is 5.75 Å². The van der Waals surface area contributed by atoms with Gasteiger partial charge in [0.15, 0.2) is 0 Å². The summed E-state index contributed by atoms with van der Waals surface area (Å²) in [5.41, 5.74) is 1.21. The monoisotopic (exact) mass is 206 g/mol. The third-order valence-corrected chi connectivity index (χ3v) is 1.96. The van der Waals surface area contributed by atoms with Crippen molar-refractivity contribution in [2.24, 2.45) is 0 Å². The fourth-order valence-electron chi connectivity index (χ4n) is 1.26. The summed E-state index contributed by atoms with van der Waals surface area (Å²) in [6.45, 7) is 6.09. The molecule has 0 amide bonds. The summed E-state index contributed by atoms with van der Waals surface area (Å²) in [6.07, 6.45) is 1.61. The Morgan fingerprint density at radius 2 is 2.27 bits per heavy atom. The van der Waals surface area contributed by atoms with Gasteiger partial charge in [-0.2, -0.15) is 0 Å². The number of hydrogen-bond acceptors (Lipinski definition) is 3. The first-order valence-electron chi connectivity index (χ1n) is 4.70. The van der Waals surface area contributed by atoms with E-state index in [1.165, 1.54) is 7.11 Å². The van der Waals surface area contributed by atoms with Crippen molar-refractivity contribution in [1.82, 2.24) is 0 Å². The zero-order valence-electron chi connectivity index (χ0n) is 8.95. The van der Waals surface area contributed by atoms with E-state index in [-0.39, 0.29) is 5.97 Å². The van der Waals surface area contributed by atoms with Crippen LogP contribution in [0.25, 0.3) is 6.08 Å². The van der Waals surface area contributed by atoms with Gasteiger partial charge < -0.3 is 9.47 Å². The number of hydrogen-bond donors (Lipinski definition) is 0. The van der Waals surface area contributed by atoms with Crippen LogP contribution < -0.4 is 4.74 Å². The second kappa shape index (κ2) is 5.20. The minimum Gasteiger partial charge on any atom is -0.494 e. The molecule has 3 heteroatoms. The highest BCUT2D eigenvalue weighted by molar-refractivity contribution is 5.93. The maximum absolute atomic E-state index is 11.4. The van der Waals surface area contributed by atoms with Crippen LogP contribution in [0.4, 0.5) is 0 Å². The van der Waals surface area contributed by atoms with E-state index < -0.39 is 0 Å². The molecule has 80 valence electrons. The van der Waals surface area contributed by atoms with Crippen molar-refractivity contribution in [2.45, 2.75) is 6.92 Å². The summed E-state index contributed by atoms with van der Waals surface area (Å²) in [5.74, 6) is 0.273. The van der Waals surface area contributed by atoms with Crippen LogP contribution in [-0.2, 0) is 4.74 Å². The summed E-state index contributed by atoms with van der Waals surface area (Å²) >= 11 is 0. The average molecular weight is 206 g/mol. The Bertz CT molecular complexity index is 369. The molecular formula is C12H14O3. The fraction of sp³-hybridized carbons (Fsp3) is 0.250. The maximum Gasteiger partial charge on any atom is 0.338 e. The summed E-state index contributed by atoms with van der Waals surface area (Å²) in [4.78, 5) is 11.4. The van der Waals surface area contributed by atoms with E-state index in [1.807, 2.05) is 6.92 Å². The quantitative estimate of drug-likeness (QED) is 0.710. The van der Waals surface area contributed by atoms with Crippen LogP contribution in [0.15, 0.2) is 24.8 Å². The van der Waals surface area contributed by atoms with E-state index in [9.17, 15) is 4.79 Å². The van der Waals surface area contributed by atoms with Crippen LogP contribution in [0.1, 0.15) is 22.8 Å². The van der Waals surface area contributed by atoms with Crippen LogP contribution in [0.2, 0.25) is 0 Å². The number of benzene rings is 1. The SMILES string of the molecule is C=Cc1ccc(OCC)cc1C(=O)OC. The van der Waals surface area contributed by atoms with Crippen molar-refractivity contribution >= 4 is 12.0 Å². The van der Waals surface area contributed by atoms with E-state index in [0.29, 0.717) is 17.9 Å². The Hall–Kier alpha value is -1.77. The molecule has 0 aliphatic heterocycles. The maximum atomic E-state index is 11.4. The Balaban J connectivity index is 3.12. The van der Waals surface area contributed by atoms with Crippen molar-refractivity contribution in [1.29, 1.82) is 0 Å². The molecule has 1 aromatic carbocycles. The smallest absolute Gasteiger partial charge is 0.338 e. The molecule has 0 atom stereocenters. The lowest BCUT2D eigenvalue weighted by Crippen LogP contribution is -2.04. The summed E-state index contributed by atoms with van der Waals surface area (Å²) in [6, 6.07) is 5.24. The van der Waals surface area contributed by atoms with E-state index in [0.717, 1.165) is 5.56 Å². The molecule has 0 aliphatic rings. The number of esters is 1. The van der Waals surface area contributed by atoms with Crippen LogP contribution in [0.3, 0.4) is 0 Å². The van der Waals surface area contributed by atoms with Gasteiger partial charge >= 0.3 is 5.97 Å². The highest BCUT2D eigenvalue weighted by Crippen LogP contribution is 2.19. The first kappa shape index (κ1) is 11.3. The lowest BCUT2D eigenvalue weighted by atomic mass is 10.1. The van der Waals surface area contributed by atoms with Crippen molar-refractivity contribution in [2.75, 3.05) is 13.7 Å². The van der Waals surface area contributed by atoms with Crippen molar-refractivity contribution in [3.8, 4) is 5.75 Å². The Kier molecular flexibility index (Phi) is 3.92. The normalized spacial score (nSPS) is 9.47. The van der Waals surface area contributed by atoms with Gasteiger partial charge in [-0.1, -0.05) is 18.7 Å². The van der Waals surface area contributed by atoms with E-state index in [2.05, 4.69) is 11.3 Å². The molecule has 0 aromatic heterocycles. The predicted octanol–water partition coefficient (Wildman–Crippen LogP) is 2.51. The molecule has 1 aromatic rings. The number of methoxy groups -OCH3 is 1. The molecular weight excluding hydrogens is 192 g/mol. The van der Waals surface area contributed by atoms with Crippen molar-refractivity contribution < 1.29 is 14.3 Å². The highest BCUT2D eigenvalue weighted by atomic mass is 16.5. The zero-order chi connectivity index (χ0) is 11.3. The minimum absolute atomic E-state index is 0.383. The largest absolute Gasteiger partial charge is 0.494 e. The molecule has 0 saturated carbocycles. The average Bonchev–Trinajstić information content (AvgIpc) is 2.28. The molecule has 0 bridgehead atoms. The summed E-state index contributed by atoms with van der Waals surface area (Å²) in [5, 5.41) is 0. The third kappa shape index (κ3) is 2.59. The molecule has 3 nitrogen and oxygen atoms in total. The van der Waals surface area contributed by atoms with Gasteiger partial charge in [-0.15, -0.1) is 0 Å². The lowest BCUT2D eigenvalue weighted by molar-refractivity contribution is 0.0600. The number of carbonyl (C=O) groups excluding carboxylic acids is 1. The molecule has 0 heterocycles. The topological polar surface area (TPSA) is 35.5 Å². The fourth-order valence-corrected chi connectivity index (χ4v) is 1.26. The Labute approximate surface area is 89.3 Å². The van der Waals surface area contributed by atoms with Gasteiger partial charge in [-0.25, -0.2) is 4.79 Å². The molecule has 0 aliphatic carbocycles. The molecule has 0 radical (unpaired) electrons. The second-order valence-electron chi connectivity index (χ2n) is 2.88. The van der Waals surface area contributed by atoms with Crippen molar-refractivity contribution in [3.63, 3.8) is 0 Å². The number of ether oxygens (including phenoxy) is 2. The van der Waals surface area contributed by atoms with Crippen LogP contribution >= 0.6 is 0 Å². The van der Waals surface area contributed by atoms with Gasteiger partial charge in [-0.3, -0.25) is 0 Å². The summed E-state index contributed by atoms with van der Waals surface area (Å²) < 4.78 is 9.97. The third-order valence-electron chi connectivity index (χ3n) is 1.96. The number of carbonyl (C=O) groups is 1. The molecule has 0 saturated heterocycles. The van der Waals surface area contributed by atoms with Gasteiger partial charge in [0, 0.05) is 0 Å². The molecule has 0 N–H and O–H groups in total. The Morgan fingerprint density at radius 1 is 1.53 bits per heavy atom. The first-order chi connectivity index (χ1) is 7.22. The van der Waals surface area contributed by atoms with E-state index >= 15 is 0 Å². The van der Waals surface area contributed by atoms with E-state index in [4.69, 9.17) is 4.74 Å². The lowest BCUT2D eigenvalue weighted by Gasteiger charge is -2.07. The molecule has 0 spiro atoms. The van der Waals surface area contributed by atoms with Crippen LogP contribution in [0, 0.1) is 0 Å². The first-order valence-corrected chi connectivity index (χ1v) is 4.70. The predicted molar refractivity (Wildman–Crippen MR) is 59.0 cm³/mol. The second-order valence-corrected chi connectivity index (χ2v) is 2.88. The molecule has 15 heavy (non-hydrogen) atoms. The molecule has 0 fully saturated rings. The summed E-state index contributed by atoms with van der Waals surface area (Å²) in [7, 11) is 1.35. The van der Waals surface area contributed by atoms with Crippen LogP contribution in [0.5, 0.6) is 5.75 Å². The van der Waals surface area contributed by atoms with Gasteiger partial charge in [0.2, 0.25) is 0 Å². The Morgan fingerprint density at radius 3 is 2.80 bits per heavy atom. The van der Waals surface area contributed by atoms with Crippen molar-refractivity contribution in [3.05, 3.63) is 35.9 Å². The minimum atomic E-state index is -0.383.